The third kappa shape index (κ3) is 6.62. The van der Waals surface area contributed by atoms with E-state index < -0.39 is 12.6 Å². The van der Waals surface area contributed by atoms with Gasteiger partial charge in [0.2, 0.25) is 0 Å². The van der Waals surface area contributed by atoms with Gasteiger partial charge in [0.25, 0.3) is 0 Å². The molecule has 0 aliphatic carbocycles. The zero-order chi connectivity index (χ0) is 16.2. The van der Waals surface area contributed by atoms with Gasteiger partial charge in [0.05, 0.1) is 13.0 Å². The number of nitrogens with zero attached hydrogens (tertiary/aromatic N) is 3. The number of halogens is 5. The molecule has 2 rings (SSSR count). The standard InChI is InChI=1S/C14H18ClF3N4.HI/c15-11-1-3-12(4-2-11)21-7-9-22(10-8-21)13(19)20-6-5-14(16,17)18;/h1-4H,5-10H2,(H2,19,20);1H. The predicted molar refractivity (Wildman–Crippen MR) is 97.8 cm³/mol. The number of hydrogen-bond donors (Lipinski definition) is 1. The predicted octanol–water partition coefficient (Wildman–Crippen LogP) is 3.35. The second kappa shape index (κ2) is 8.81. The van der Waals surface area contributed by atoms with E-state index in [-0.39, 0.29) is 36.5 Å². The summed E-state index contributed by atoms with van der Waals surface area (Å²) < 4.78 is 36.2. The van der Waals surface area contributed by atoms with Crippen LogP contribution in [0.25, 0.3) is 0 Å². The quantitative estimate of drug-likeness (QED) is 0.426. The highest BCUT2D eigenvalue weighted by molar-refractivity contribution is 14.0. The van der Waals surface area contributed by atoms with Crippen LogP contribution in [0.1, 0.15) is 6.42 Å². The molecular formula is C14H19ClF3IN4. The number of rotatable bonds is 3. The molecular weight excluding hydrogens is 444 g/mol. The number of alkyl halides is 3. The lowest BCUT2D eigenvalue weighted by atomic mass is 10.2. The van der Waals surface area contributed by atoms with E-state index in [2.05, 4.69) is 9.89 Å². The molecule has 1 saturated heterocycles. The zero-order valence-electron chi connectivity index (χ0n) is 12.4. The van der Waals surface area contributed by atoms with E-state index in [1.165, 1.54) is 0 Å². The largest absolute Gasteiger partial charge is 0.390 e. The molecule has 9 heteroatoms. The lowest BCUT2D eigenvalue weighted by Crippen LogP contribution is -2.51. The summed E-state index contributed by atoms with van der Waals surface area (Å²) >= 11 is 5.86. The average Bonchev–Trinajstić information content (AvgIpc) is 2.47. The molecule has 130 valence electrons. The fourth-order valence-corrected chi connectivity index (χ4v) is 2.37. The lowest BCUT2D eigenvalue weighted by molar-refractivity contribution is -0.132. The van der Waals surface area contributed by atoms with Gasteiger partial charge in [0.15, 0.2) is 5.96 Å². The first-order valence-electron chi connectivity index (χ1n) is 6.97. The van der Waals surface area contributed by atoms with E-state index >= 15 is 0 Å². The highest BCUT2D eigenvalue weighted by atomic mass is 127. The first kappa shape index (κ1) is 20.1. The highest BCUT2D eigenvalue weighted by Gasteiger charge is 2.26. The molecule has 4 nitrogen and oxygen atoms in total. The second-order valence-electron chi connectivity index (χ2n) is 5.06. The van der Waals surface area contributed by atoms with Crippen LogP contribution in [0, 0.1) is 0 Å². The van der Waals surface area contributed by atoms with Crippen molar-refractivity contribution in [2.24, 2.45) is 10.7 Å². The SMILES string of the molecule is I.NC(=NCCC(F)(F)F)N1CCN(c2ccc(Cl)cc2)CC1. The Balaban J connectivity index is 0.00000264. The first-order chi connectivity index (χ1) is 10.3. The number of benzene rings is 1. The molecule has 0 unspecified atom stereocenters. The van der Waals surface area contributed by atoms with E-state index in [4.69, 9.17) is 17.3 Å². The van der Waals surface area contributed by atoms with Gasteiger partial charge in [-0.3, -0.25) is 4.99 Å². The van der Waals surface area contributed by atoms with E-state index in [9.17, 15) is 13.2 Å². The van der Waals surface area contributed by atoms with E-state index in [1.54, 1.807) is 0 Å². The Morgan fingerprint density at radius 2 is 1.70 bits per heavy atom. The molecule has 0 amide bonds. The van der Waals surface area contributed by atoms with Crippen molar-refractivity contribution in [1.82, 2.24) is 4.90 Å². The zero-order valence-corrected chi connectivity index (χ0v) is 15.5. The van der Waals surface area contributed by atoms with Gasteiger partial charge in [-0.1, -0.05) is 11.6 Å². The summed E-state index contributed by atoms with van der Waals surface area (Å²) in [4.78, 5) is 7.79. The molecule has 0 radical (unpaired) electrons. The van der Waals surface area contributed by atoms with Gasteiger partial charge >= 0.3 is 6.18 Å². The van der Waals surface area contributed by atoms with Gasteiger partial charge in [-0.25, -0.2) is 0 Å². The van der Waals surface area contributed by atoms with Gasteiger partial charge in [0, 0.05) is 36.9 Å². The Bertz CT molecular complexity index is 514. The molecule has 1 heterocycles. The van der Waals surface area contributed by atoms with Gasteiger partial charge < -0.3 is 15.5 Å². The number of piperazine rings is 1. The van der Waals surface area contributed by atoms with Crippen LogP contribution in [-0.2, 0) is 0 Å². The maximum atomic E-state index is 12.1. The summed E-state index contributed by atoms with van der Waals surface area (Å²) in [7, 11) is 0. The minimum atomic E-state index is -4.20. The Morgan fingerprint density at radius 1 is 1.13 bits per heavy atom. The van der Waals surface area contributed by atoms with E-state index in [0.29, 0.717) is 18.1 Å². The van der Waals surface area contributed by atoms with Crippen molar-refractivity contribution in [2.45, 2.75) is 12.6 Å². The smallest absolute Gasteiger partial charge is 0.370 e. The summed E-state index contributed by atoms with van der Waals surface area (Å²) in [6, 6.07) is 7.55. The molecule has 1 aromatic rings. The monoisotopic (exact) mass is 462 g/mol. The number of hydrogen-bond acceptors (Lipinski definition) is 2. The van der Waals surface area contributed by atoms with Gasteiger partial charge in [0.1, 0.15) is 0 Å². The maximum Gasteiger partial charge on any atom is 0.390 e. The Labute approximate surface area is 155 Å². The van der Waals surface area contributed by atoms with E-state index in [1.807, 2.05) is 29.2 Å². The maximum absolute atomic E-state index is 12.1. The van der Waals surface area contributed by atoms with Crippen molar-refractivity contribution in [3.8, 4) is 0 Å². The molecule has 23 heavy (non-hydrogen) atoms. The summed E-state index contributed by atoms with van der Waals surface area (Å²) in [6.07, 6.45) is -5.14. The van der Waals surface area contributed by atoms with Crippen molar-refractivity contribution < 1.29 is 13.2 Å². The molecule has 1 aliphatic heterocycles. The van der Waals surface area contributed by atoms with Crippen molar-refractivity contribution in [3.05, 3.63) is 29.3 Å². The van der Waals surface area contributed by atoms with Gasteiger partial charge in [-0.2, -0.15) is 13.2 Å². The lowest BCUT2D eigenvalue weighted by Gasteiger charge is -2.36. The van der Waals surface area contributed by atoms with Crippen molar-refractivity contribution >= 4 is 47.2 Å². The minimum Gasteiger partial charge on any atom is -0.370 e. The summed E-state index contributed by atoms with van der Waals surface area (Å²) in [6.45, 7) is 2.40. The molecule has 0 saturated carbocycles. The van der Waals surface area contributed by atoms with Crippen LogP contribution < -0.4 is 10.6 Å². The third-order valence-electron chi connectivity index (χ3n) is 3.46. The Morgan fingerprint density at radius 3 is 2.22 bits per heavy atom. The molecule has 1 fully saturated rings. The molecule has 0 aromatic heterocycles. The molecule has 1 aromatic carbocycles. The average molecular weight is 463 g/mol. The molecule has 0 spiro atoms. The summed E-state index contributed by atoms with van der Waals surface area (Å²) in [5.74, 6) is 0.181. The van der Waals surface area contributed by atoms with Crippen LogP contribution in [0.5, 0.6) is 0 Å². The van der Waals surface area contributed by atoms with Crippen LogP contribution in [0.4, 0.5) is 18.9 Å². The second-order valence-corrected chi connectivity index (χ2v) is 5.49. The molecule has 0 bridgehead atoms. The Hall–Kier alpha value is -0.900. The van der Waals surface area contributed by atoms with Crippen LogP contribution in [0.15, 0.2) is 29.3 Å². The summed E-state index contributed by atoms with van der Waals surface area (Å²) in [5, 5.41) is 0.684. The topological polar surface area (TPSA) is 44.9 Å². The first-order valence-corrected chi connectivity index (χ1v) is 7.35. The fraction of sp³-hybridized carbons (Fsp3) is 0.500. The molecule has 2 N–H and O–H groups in total. The summed E-state index contributed by atoms with van der Waals surface area (Å²) in [5.41, 5.74) is 6.82. The van der Waals surface area contributed by atoms with Crippen LogP contribution in [0.2, 0.25) is 5.02 Å². The molecule has 1 aliphatic rings. The third-order valence-corrected chi connectivity index (χ3v) is 3.72. The van der Waals surface area contributed by atoms with Crippen LogP contribution in [-0.4, -0.2) is 49.8 Å². The van der Waals surface area contributed by atoms with E-state index in [0.717, 1.165) is 18.8 Å². The number of aliphatic imine (C=N–C) groups is 1. The minimum absolute atomic E-state index is 0. The van der Waals surface area contributed by atoms with Crippen molar-refractivity contribution in [1.29, 1.82) is 0 Å². The van der Waals surface area contributed by atoms with Gasteiger partial charge in [-0.05, 0) is 24.3 Å². The van der Waals surface area contributed by atoms with Crippen LogP contribution in [0.3, 0.4) is 0 Å². The van der Waals surface area contributed by atoms with Crippen molar-refractivity contribution in [2.75, 3.05) is 37.6 Å². The highest BCUT2D eigenvalue weighted by Crippen LogP contribution is 2.20. The molecule has 0 atom stereocenters. The van der Waals surface area contributed by atoms with Crippen molar-refractivity contribution in [3.63, 3.8) is 0 Å². The van der Waals surface area contributed by atoms with Crippen LogP contribution >= 0.6 is 35.6 Å². The normalized spacial score (nSPS) is 16.3. The number of nitrogens with two attached hydrogens (primary N) is 1. The van der Waals surface area contributed by atoms with Gasteiger partial charge in [-0.15, -0.1) is 24.0 Å². The Kier molecular flexibility index (Phi) is 7.72. The fourth-order valence-electron chi connectivity index (χ4n) is 2.24. The number of anilines is 1. The number of guanidine groups is 1.